The van der Waals surface area contributed by atoms with Crippen LogP contribution in [0.3, 0.4) is 0 Å². The van der Waals surface area contributed by atoms with Crippen LogP contribution in [0.25, 0.3) is 11.0 Å². The van der Waals surface area contributed by atoms with Gasteiger partial charge in [-0.05, 0) is 19.1 Å². The molecular formula is C9H12N2. The van der Waals surface area contributed by atoms with Crippen molar-refractivity contribution < 1.29 is 0 Å². The van der Waals surface area contributed by atoms with Crippen molar-refractivity contribution in [1.82, 2.24) is 9.13 Å². The van der Waals surface area contributed by atoms with Crippen molar-refractivity contribution in [1.29, 1.82) is 0 Å². The second-order valence-corrected chi connectivity index (χ2v) is 3.04. The second-order valence-electron chi connectivity index (χ2n) is 3.04. The number of hydrogen-bond donors (Lipinski definition) is 0. The van der Waals surface area contributed by atoms with E-state index in [2.05, 4.69) is 48.5 Å². The van der Waals surface area contributed by atoms with Crippen LogP contribution in [0.15, 0.2) is 18.3 Å². The van der Waals surface area contributed by atoms with Crippen LogP contribution in [0.2, 0.25) is 0 Å². The van der Waals surface area contributed by atoms with Gasteiger partial charge in [-0.1, -0.05) is 0 Å². The summed E-state index contributed by atoms with van der Waals surface area (Å²) < 4.78 is 4.34. The Bertz CT molecular complexity index is 393. The number of rotatable bonds is 0. The number of fused-ring (bicyclic) bond motifs is 1. The van der Waals surface area contributed by atoms with Gasteiger partial charge in [0.1, 0.15) is 0 Å². The highest BCUT2D eigenvalue weighted by molar-refractivity contribution is 5.78. The van der Waals surface area contributed by atoms with Gasteiger partial charge in [0.15, 0.2) is 0 Å². The first kappa shape index (κ1) is 6.53. The highest BCUT2D eigenvalue weighted by atomic mass is 15.0. The van der Waals surface area contributed by atoms with Crippen LogP contribution in [-0.4, -0.2) is 9.13 Å². The van der Waals surface area contributed by atoms with E-state index in [1.807, 2.05) is 0 Å². The van der Waals surface area contributed by atoms with Gasteiger partial charge in [-0.15, -0.1) is 0 Å². The molecule has 0 unspecified atom stereocenters. The Hall–Kier alpha value is -1.18. The Labute approximate surface area is 66.0 Å². The molecule has 2 aromatic heterocycles. The van der Waals surface area contributed by atoms with Gasteiger partial charge in [0.2, 0.25) is 0 Å². The lowest BCUT2D eigenvalue weighted by molar-refractivity contribution is 0.918. The highest BCUT2D eigenvalue weighted by Gasteiger charge is 2.03. The Morgan fingerprint density at radius 2 is 1.91 bits per heavy atom. The van der Waals surface area contributed by atoms with Gasteiger partial charge >= 0.3 is 0 Å². The summed E-state index contributed by atoms with van der Waals surface area (Å²) in [5, 5.41) is 0. The Morgan fingerprint density at radius 1 is 1.18 bits per heavy atom. The molecule has 2 heteroatoms. The summed E-state index contributed by atoms with van der Waals surface area (Å²) >= 11 is 0. The third kappa shape index (κ3) is 0.723. The molecule has 0 aliphatic carbocycles. The van der Waals surface area contributed by atoms with Gasteiger partial charge in [0, 0.05) is 26.0 Å². The third-order valence-electron chi connectivity index (χ3n) is 2.33. The number of hydrogen-bond acceptors (Lipinski definition) is 0. The molecule has 2 nitrogen and oxygen atoms in total. The SMILES string of the molecule is Cc1cc2c(ccn2C)n1C. The van der Waals surface area contributed by atoms with Gasteiger partial charge in [0.05, 0.1) is 11.0 Å². The number of nitrogens with zero attached hydrogens (tertiary/aromatic N) is 2. The molecule has 0 amide bonds. The fourth-order valence-corrected chi connectivity index (χ4v) is 1.47. The van der Waals surface area contributed by atoms with Crippen LogP contribution < -0.4 is 0 Å². The molecule has 0 saturated heterocycles. The fraction of sp³-hybridized carbons (Fsp3) is 0.333. The fourth-order valence-electron chi connectivity index (χ4n) is 1.47. The van der Waals surface area contributed by atoms with Crippen molar-refractivity contribution in [2.24, 2.45) is 14.1 Å². The maximum absolute atomic E-state index is 2.20. The van der Waals surface area contributed by atoms with E-state index in [0.29, 0.717) is 0 Å². The predicted octanol–water partition coefficient (Wildman–Crippen LogP) is 1.83. The van der Waals surface area contributed by atoms with E-state index in [9.17, 15) is 0 Å². The molecule has 58 valence electrons. The predicted molar refractivity (Wildman–Crippen MR) is 46.6 cm³/mol. The molecule has 2 heterocycles. The number of aromatic nitrogens is 2. The second kappa shape index (κ2) is 1.91. The molecule has 0 bridgehead atoms. The maximum atomic E-state index is 2.20. The molecule has 0 atom stereocenters. The summed E-state index contributed by atoms with van der Waals surface area (Å²) in [5.41, 5.74) is 3.93. The minimum atomic E-state index is 1.31. The Kier molecular flexibility index (Phi) is 1.13. The summed E-state index contributed by atoms with van der Waals surface area (Å²) in [6.07, 6.45) is 2.09. The number of aryl methyl sites for hydroxylation is 3. The standard InChI is InChI=1S/C9H12N2/c1-7-6-9-8(11(7)3)4-5-10(9)2/h4-6H,1-3H3. The van der Waals surface area contributed by atoms with Gasteiger partial charge in [0.25, 0.3) is 0 Å². The zero-order valence-corrected chi connectivity index (χ0v) is 7.13. The van der Waals surface area contributed by atoms with E-state index in [1.54, 1.807) is 0 Å². The highest BCUT2D eigenvalue weighted by Crippen LogP contribution is 2.17. The summed E-state index contributed by atoms with van der Waals surface area (Å²) in [6, 6.07) is 4.34. The summed E-state index contributed by atoms with van der Waals surface area (Å²) in [6.45, 7) is 2.12. The summed E-state index contributed by atoms with van der Waals surface area (Å²) in [4.78, 5) is 0. The molecule has 0 aromatic carbocycles. The van der Waals surface area contributed by atoms with E-state index >= 15 is 0 Å². The molecule has 0 aliphatic rings. The van der Waals surface area contributed by atoms with Crippen molar-refractivity contribution in [3.05, 3.63) is 24.0 Å². The van der Waals surface area contributed by atoms with E-state index in [4.69, 9.17) is 0 Å². The molecule has 2 aromatic rings. The lowest BCUT2D eigenvalue weighted by Crippen LogP contribution is -1.87. The zero-order chi connectivity index (χ0) is 8.01. The lowest BCUT2D eigenvalue weighted by Gasteiger charge is -1.93. The minimum Gasteiger partial charge on any atom is -0.349 e. The molecule has 0 spiro atoms. The van der Waals surface area contributed by atoms with Crippen LogP contribution in [0, 0.1) is 6.92 Å². The average Bonchev–Trinajstić information content (AvgIpc) is 2.43. The van der Waals surface area contributed by atoms with Crippen molar-refractivity contribution >= 4 is 11.0 Å². The van der Waals surface area contributed by atoms with E-state index in [-0.39, 0.29) is 0 Å². The van der Waals surface area contributed by atoms with Crippen LogP contribution in [-0.2, 0) is 14.1 Å². The monoisotopic (exact) mass is 148 g/mol. The molecule has 0 fully saturated rings. The van der Waals surface area contributed by atoms with Crippen molar-refractivity contribution in [2.75, 3.05) is 0 Å². The van der Waals surface area contributed by atoms with E-state index in [0.717, 1.165) is 0 Å². The van der Waals surface area contributed by atoms with Crippen LogP contribution >= 0.6 is 0 Å². The summed E-state index contributed by atoms with van der Waals surface area (Å²) in [7, 11) is 4.17. The van der Waals surface area contributed by atoms with Gasteiger partial charge in [-0.2, -0.15) is 0 Å². The zero-order valence-electron chi connectivity index (χ0n) is 7.13. The lowest BCUT2D eigenvalue weighted by atomic mass is 10.4. The molecule has 2 rings (SSSR count). The van der Waals surface area contributed by atoms with Crippen molar-refractivity contribution in [2.45, 2.75) is 6.92 Å². The van der Waals surface area contributed by atoms with E-state index in [1.165, 1.54) is 16.7 Å². The van der Waals surface area contributed by atoms with Crippen LogP contribution in [0.1, 0.15) is 5.69 Å². The topological polar surface area (TPSA) is 9.86 Å². The maximum Gasteiger partial charge on any atom is 0.0662 e. The molecular weight excluding hydrogens is 136 g/mol. The van der Waals surface area contributed by atoms with Gasteiger partial charge < -0.3 is 9.13 Å². The third-order valence-corrected chi connectivity index (χ3v) is 2.33. The smallest absolute Gasteiger partial charge is 0.0662 e. The van der Waals surface area contributed by atoms with Crippen LogP contribution in [0.5, 0.6) is 0 Å². The largest absolute Gasteiger partial charge is 0.349 e. The molecule has 0 saturated carbocycles. The summed E-state index contributed by atoms with van der Waals surface area (Å²) in [5.74, 6) is 0. The quantitative estimate of drug-likeness (QED) is 0.539. The molecule has 0 N–H and O–H groups in total. The van der Waals surface area contributed by atoms with Crippen molar-refractivity contribution in [3.63, 3.8) is 0 Å². The molecule has 0 aliphatic heterocycles. The molecule has 0 radical (unpaired) electrons. The normalized spacial score (nSPS) is 11.2. The first-order valence-electron chi connectivity index (χ1n) is 3.77. The first-order chi connectivity index (χ1) is 5.20. The Balaban J connectivity index is 2.93. The van der Waals surface area contributed by atoms with Gasteiger partial charge in [-0.3, -0.25) is 0 Å². The Morgan fingerprint density at radius 3 is 2.55 bits per heavy atom. The van der Waals surface area contributed by atoms with Gasteiger partial charge in [-0.25, -0.2) is 0 Å². The van der Waals surface area contributed by atoms with E-state index < -0.39 is 0 Å². The average molecular weight is 148 g/mol. The minimum absolute atomic E-state index is 1.31. The van der Waals surface area contributed by atoms with Crippen molar-refractivity contribution in [3.8, 4) is 0 Å². The first-order valence-corrected chi connectivity index (χ1v) is 3.77. The molecule has 11 heavy (non-hydrogen) atoms. The van der Waals surface area contributed by atoms with Crippen LogP contribution in [0.4, 0.5) is 0 Å².